The quantitative estimate of drug-likeness (QED) is 0.613. The maximum absolute atomic E-state index is 6.11. The molecule has 14 heavy (non-hydrogen) atoms. The van der Waals surface area contributed by atoms with Crippen LogP contribution in [0.15, 0.2) is 0 Å². The molecular weight excluding hydrogens is 196 g/mol. The Morgan fingerprint density at radius 3 is 2.79 bits per heavy atom. The van der Waals surface area contributed by atoms with Crippen LogP contribution in [0.2, 0.25) is 0 Å². The van der Waals surface area contributed by atoms with Gasteiger partial charge in [-0.05, 0) is 38.5 Å². The molecule has 1 aliphatic rings. The Kier molecular flexibility index (Phi) is 5.88. The molecule has 0 aromatic heterocycles. The molecule has 84 valence electrons. The highest BCUT2D eigenvalue weighted by Crippen LogP contribution is 2.24. The lowest BCUT2D eigenvalue weighted by Gasteiger charge is -2.18. The van der Waals surface area contributed by atoms with E-state index in [1.54, 1.807) is 0 Å². The summed E-state index contributed by atoms with van der Waals surface area (Å²) < 4.78 is 5.60. The van der Waals surface area contributed by atoms with Crippen molar-refractivity contribution in [2.45, 2.75) is 63.9 Å². The maximum atomic E-state index is 6.11. The van der Waals surface area contributed by atoms with Gasteiger partial charge >= 0.3 is 0 Å². The Labute approximate surface area is 93.2 Å². The predicted octanol–water partition coefficient (Wildman–Crippen LogP) is 3.99. The SMILES string of the molecule is CCC(CCCC1CCCO1)C(C)Cl. The van der Waals surface area contributed by atoms with Gasteiger partial charge in [0.05, 0.1) is 6.10 Å². The summed E-state index contributed by atoms with van der Waals surface area (Å²) in [6.07, 6.45) is 8.07. The normalized spacial score (nSPS) is 26.4. The van der Waals surface area contributed by atoms with E-state index >= 15 is 0 Å². The van der Waals surface area contributed by atoms with Gasteiger partial charge in [-0.25, -0.2) is 0 Å². The molecule has 0 aromatic carbocycles. The fourth-order valence-corrected chi connectivity index (χ4v) is 2.54. The molecule has 3 atom stereocenters. The summed E-state index contributed by atoms with van der Waals surface area (Å²) in [6, 6.07) is 0. The van der Waals surface area contributed by atoms with Crippen LogP contribution >= 0.6 is 11.6 Å². The van der Waals surface area contributed by atoms with E-state index < -0.39 is 0 Å². The van der Waals surface area contributed by atoms with Crippen molar-refractivity contribution >= 4 is 11.6 Å². The Morgan fingerprint density at radius 2 is 2.29 bits per heavy atom. The van der Waals surface area contributed by atoms with E-state index in [2.05, 4.69) is 13.8 Å². The van der Waals surface area contributed by atoms with Gasteiger partial charge in [0.1, 0.15) is 0 Å². The molecule has 0 amide bonds. The summed E-state index contributed by atoms with van der Waals surface area (Å²) in [7, 11) is 0. The van der Waals surface area contributed by atoms with Gasteiger partial charge < -0.3 is 4.74 Å². The molecule has 0 spiro atoms. The van der Waals surface area contributed by atoms with Gasteiger partial charge in [0.25, 0.3) is 0 Å². The fraction of sp³-hybridized carbons (Fsp3) is 1.00. The van der Waals surface area contributed by atoms with E-state index in [0.717, 1.165) is 6.61 Å². The lowest BCUT2D eigenvalue weighted by molar-refractivity contribution is 0.101. The second-order valence-electron chi connectivity index (χ2n) is 4.41. The minimum atomic E-state index is 0.324. The lowest BCUT2D eigenvalue weighted by atomic mass is 9.95. The second-order valence-corrected chi connectivity index (χ2v) is 5.10. The van der Waals surface area contributed by atoms with Crippen molar-refractivity contribution < 1.29 is 4.74 Å². The third-order valence-corrected chi connectivity index (χ3v) is 3.66. The van der Waals surface area contributed by atoms with Crippen LogP contribution in [0, 0.1) is 5.92 Å². The van der Waals surface area contributed by atoms with Crippen LogP contribution in [0.1, 0.15) is 52.4 Å². The van der Waals surface area contributed by atoms with Crippen molar-refractivity contribution in [3.63, 3.8) is 0 Å². The molecule has 0 aliphatic carbocycles. The molecule has 0 aromatic rings. The molecule has 0 bridgehead atoms. The summed E-state index contributed by atoms with van der Waals surface area (Å²) in [5.74, 6) is 0.693. The average Bonchev–Trinajstić information content (AvgIpc) is 2.64. The summed E-state index contributed by atoms with van der Waals surface area (Å²) in [5, 5.41) is 0.324. The first-order valence-corrected chi connectivity index (χ1v) is 6.43. The number of halogens is 1. The van der Waals surface area contributed by atoms with Crippen LogP contribution in [0.5, 0.6) is 0 Å². The topological polar surface area (TPSA) is 9.23 Å². The first-order valence-electron chi connectivity index (χ1n) is 5.99. The van der Waals surface area contributed by atoms with Crippen molar-refractivity contribution in [2.24, 2.45) is 5.92 Å². The summed E-state index contributed by atoms with van der Waals surface area (Å²) in [4.78, 5) is 0. The standard InChI is InChI=1S/C12H23ClO/c1-3-11(10(2)13)6-4-7-12-8-5-9-14-12/h10-12H,3-9H2,1-2H3. The highest BCUT2D eigenvalue weighted by Gasteiger charge is 2.17. The molecule has 1 heterocycles. The Hall–Kier alpha value is 0.250. The minimum Gasteiger partial charge on any atom is -0.378 e. The molecule has 2 heteroatoms. The van der Waals surface area contributed by atoms with Crippen LogP contribution in [-0.4, -0.2) is 18.1 Å². The molecule has 1 aliphatic heterocycles. The van der Waals surface area contributed by atoms with E-state index in [9.17, 15) is 0 Å². The molecule has 1 fully saturated rings. The molecule has 1 nitrogen and oxygen atoms in total. The molecule has 1 saturated heterocycles. The summed E-state index contributed by atoms with van der Waals surface area (Å²) >= 11 is 6.11. The first kappa shape index (κ1) is 12.3. The molecule has 0 saturated carbocycles. The number of hydrogen-bond donors (Lipinski definition) is 0. The van der Waals surface area contributed by atoms with Crippen LogP contribution in [-0.2, 0) is 4.74 Å². The number of ether oxygens (including phenoxy) is 1. The van der Waals surface area contributed by atoms with Gasteiger partial charge in [-0.3, -0.25) is 0 Å². The van der Waals surface area contributed by atoms with Crippen molar-refractivity contribution in [2.75, 3.05) is 6.61 Å². The largest absolute Gasteiger partial charge is 0.378 e. The van der Waals surface area contributed by atoms with Crippen molar-refractivity contribution in [3.8, 4) is 0 Å². The maximum Gasteiger partial charge on any atom is 0.0576 e. The fourth-order valence-electron chi connectivity index (χ4n) is 2.24. The highest BCUT2D eigenvalue weighted by atomic mass is 35.5. The van der Waals surface area contributed by atoms with Gasteiger partial charge in [0, 0.05) is 12.0 Å². The molecule has 0 radical (unpaired) electrons. The number of rotatable bonds is 6. The van der Waals surface area contributed by atoms with E-state index in [-0.39, 0.29) is 0 Å². The molecule has 1 rings (SSSR count). The molecular formula is C12H23ClO. The van der Waals surface area contributed by atoms with Crippen molar-refractivity contribution in [1.82, 2.24) is 0 Å². The Balaban J connectivity index is 2.06. The lowest BCUT2D eigenvalue weighted by Crippen LogP contribution is -2.12. The second kappa shape index (κ2) is 6.68. The third kappa shape index (κ3) is 4.18. The zero-order valence-corrected chi connectivity index (χ0v) is 10.2. The van der Waals surface area contributed by atoms with Gasteiger partial charge in [-0.2, -0.15) is 0 Å². The van der Waals surface area contributed by atoms with E-state index in [1.165, 1.54) is 38.5 Å². The van der Waals surface area contributed by atoms with Crippen LogP contribution in [0.25, 0.3) is 0 Å². The van der Waals surface area contributed by atoms with Crippen LogP contribution in [0.4, 0.5) is 0 Å². The third-order valence-electron chi connectivity index (χ3n) is 3.30. The average molecular weight is 219 g/mol. The molecule has 0 N–H and O–H groups in total. The van der Waals surface area contributed by atoms with Gasteiger partial charge in [0.15, 0.2) is 0 Å². The highest BCUT2D eigenvalue weighted by molar-refractivity contribution is 6.20. The number of alkyl halides is 1. The van der Waals surface area contributed by atoms with Crippen LogP contribution in [0.3, 0.4) is 0 Å². The zero-order chi connectivity index (χ0) is 10.4. The van der Waals surface area contributed by atoms with Gasteiger partial charge in [0.2, 0.25) is 0 Å². The smallest absolute Gasteiger partial charge is 0.0576 e. The van der Waals surface area contributed by atoms with E-state index in [4.69, 9.17) is 16.3 Å². The molecule has 3 unspecified atom stereocenters. The zero-order valence-electron chi connectivity index (χ0n) is 9.47. The number of hydrogen-bond acceptors (Lipinski definition) is 1. The summed E-state index contributed by atoms with van der Waals surface area (Å²) in [5.41, 5.74) is 0. The van der Waals surface area contributed by atoms with Crippen molar-refractivity contribution in [1.29, 1.82) is 0 Å². The monoisotopic (exact) mass is 218 g/mol. The Bertz CT molecular complexity index is 141. The minimum absolute atomic E-state index is 0.324. The first-order chi connectivity index (χ1) is 6.74. The van der Waals surface area contributed by atoms with E-state index in [0.29, 0.717) is 17.4 Å². The predicted molar refractivity (Wildman–Crippen MR) is 61.9 cm³/mol. The Morgan fingerprint density at radius 1 is 1.50 bits per heavy atom. The van der Waals surface area contributed by atoms with Gasteiger partial charge in [-0.15, -0.1) is 11.6 Å². The van der Waals surface area contributed by atoms with Crippen LogP contribution < -0.4 is 0 Å². The summed E-state index contributed by atoms with van der Waals surface area (Å²) in [6.45, 7) is 5.32. The van der Waals surface area contributed by atoms with Crippen molar-refractivity contribution in [3.05, 3.63) is 0 Å². The van der Waals surface area contributed by atoms with E-state index in [1.807, 2.05) is 0 Å². The van der Waals surface area contributed by atoms with Gasteiger partial charge in [-0.1, -0.05) is 19.8 Å².